The van der Waals surface area contributed by atoms with E-state index >= 15 is 0 Å². The van der Waals surface area contributed by atoms with Crippen LogP contribution in [0.15, 0.2) is 0 Å². The van der Waals surface area contributed by atoms with Crippen LogP contribution in [0.25, 0.3) is 0 Å². The molecule has 0 aromatic carbocycles. The van der Waals surface area contributed by atoms with Gasteiger partial charge in [-0.25, -0.2) is 4.79 Å². The average molecular weight is 270 g/mol. The van der Waals surface area contributed by atoms with Crippen LogP contribution >= 0.6 is 0 Å². The second-order valence-electron chi connectivity index (χ2n) is 4.35. The van der Waals surface area contributed by atoms with E-state index in [0.29, 0.717) is 25.7 Å². The Kier molecular flexibility index (Phi) is 5.21. The summed E-state index contributed by atoms with van der Waals surface area (Å²) < 4.78 is 42.0. The van der Waals surface area contributed by atoms with Gasteiger partial charge >= 0.3 is 12.3 Å². The molecule has 1 unspecified atom stereocenters. The normalized spacial score (nSPS) is 26.7. The van der Waals surface area contributed by atoms with E-state index in [1.54, 1.807) is 0 Å². The van der Waals surface area contributed by atoms with E-state index < -0.39 is 24.9 Å². The van der Waals surface area contributed by atoms with E-state index in [1.165, 1.54) is 0 Å². The third-order valence-corrected chi connectivity index (χ3v) is 2.97. The Morgan fingerprint density at radius 2 is 1.94 bits per heavy atom. The Balaban J connectivity index is 2.37. The third kappa shape index (κ3) is 4.69. The number of primary amides is 1. The molecular formula is C10H17F3N2O3. The average Bonchev–Trinajstić information content (AvgIpc) is 2.25. The monoisotopic (exact) mass is 270 g/mol. The van der Waals surface area contributed by atoms with E-state index in [0.717, 1.165) is 0 Å². The third-order valence-electron chi connectivity index (χ3n) is 2.97. The number of carbonyl (C=O) groups excluding carboxylic acids is 1. The Bertz CT molecular complexity index is 278. The summed E-state index contributed by atoms with van der Waals surface area (Å²) in [6.07, 6.45) is -3.81. The molecular weight excluding hydrogens is 253 g/mol. The Morgan fingerprint density at radius 1 is 1.39 bits per heavy atom. The van der Waals surface area contributed by atoms with Gasteiger partial charge in [-0.05, 0) is 25.7 Å². The van der Waals surface area contributed by atoms with Crippen LogP contribution in [0.3, 0.4) is 0 Å². The van der Waals surface area contributed by atoms with Crippen LogP contribution in [-0.4, -0.2) is 42.2 Å². The minimum absolute atomic E-state index is 0.320. The maximum Gasteiger partial charge on any atom is 0.406 e. The van der Waals surface area contributed by atoms with Crippen LogP contribution in [-0.2, 0) is 4.74 Å². The molecule has 0 radical (unpaired) electrons. The molecule has 8 heteroatoms. The van der Waals surface area contributed by atoms with Gasteiger partial charge in [-0.1, -0.05) is 0 Å². The fourth-order valence-electron chi connectivity index (χ4n) is 2.05. The van der Waals surface area contributed by atoms with Gasteiger partial charge < -0.3 is 20.9 Å². The smallest absolute Gasteiger partial charge is 0.406 e. The van der Waals surface area contributed by atoms with Gasteiger partial charge in [0.2, 0.25) is 0 Å². The summed E-state index contributed by atoms with van der Waals surface area (Å²) in [7, 11) is 0. The van der Waals surface area contributed by atoms with Gasteiger partial charge in [0.1, 0.15) is 12.1 Å². The number of carbonyl (C=O) groups is 1. The lowest BCUT2D eigenvalue weighted by Crippen LogP contribution is -2.51. The second-order valence-corrected chi connectivity index (χ2v) is 4.35. The number of amides is 1. The predicted octanol–water partition coefficient (Wildman–Crippen LogP) is 0.906. The topological polar surface area (TPSA) is 84.6 Å². The number of aliphatic hydroxyl groups excluding tert-OH is 1. The second kappa shape index (κ2) is 6.24. The van der Waals surface area contributed by atoms with Crippen LogP contribution in [0.1, 0.15) is 25.7 Å². The van der Waals surface area contributed by atoms with Crippen molar-refractivity contribution in [1.82, 2.24) is 5.32 Å². The summed E-state index contributed by atoms with van der Waals surface area (Å²) in [5.41, 5.74) is 4.86. The summed E-state index contributed by atoms with van der Waals surface area (Å²) in [5, 5.41) is 11.1. The van der Waals surface area contributed by atoms with Crippen LogP contribution in [0.2, 0.25) is 0 Å². The van der Waals surface area contributed by atoms with Crippen molar-refractivity contribution in [3.05, 3.63) is 0 Å². The van der Waals surface area contributed by atoms with Crippen molar-refractivity contribution < 1.29 is 27.8 Å². The van der Waals surface area contributed by atoms with Crippen molar-refractivity contribution in [2.45, 2.75) is 50.0 Å². The van der Waals surface area contributed by atoms with Crippen molar-refractivity contribution in [1.29, 1.82) is 0 Å². The molecule has 0 aliphatic heterocycles. The highest BCUT2D eigenvalue weighted by atomic mass is 19.4. The minimum Gasteiger partial charge on any atom is -0.446 e. The molecule has 0 spiro atoms. The molecule has 1 atom stereocenters. The first-order valence-electron chi connectivity index (χ1n) is 5.72. The molecule has 1 fully saturated rings. The number of alkyl halides is 3. The number of ether oxygens (including phenoxy) is 1. The zero-order chi connectivity index (χ0) is 13.8. The molecule has 1 rings (SSSR count). The molecule has 0 aromatic heterocycles. The van der Waals surface area contributed by atoms with Gasteiger partial charge in [0.25, 0.3) is 0 Å². The molecule has 4 N–H and O–H groups in total. The van der Waals surface area contributed by atoms with Gasteiger partial charge in [-0.2, -0.15) is 13.2 Å². The predicted molar refractivity (Wildman–Crippen MR) is 56.8 cm³/mol. The zero-order valence-corrected chi connectivity index (χ0v) is 9.74. The maximum atomic E-state index is 12.4. The molecule has 1 aliphatic carbocycles. The molecule has 5 nitrogen and oxygen atoms in total. The summed E-state index contributed by atoms with van der Waals surface area (Å²) in [4.78, 5) is 10.5. The summed E-state index contributed by atoms with van der Waals surface area (Å²) in [6, 6.07) is -2.24. The highest BCUT2D eigenvalue weighted by molar-refractivity contribution is 5.64. The number of rotatable bonds is 4. The fraction of sp³-hybridized carbons (Fsp3) is 0.900. The first-order chi connectivity index (χ1) is 8.32. The van der Waals surface area contributed by atoms with E-state index in [1.807, 2.05) is 0 Å². The molecule has 0 saturated heterocycles. The summed E-state index contributed by atoms with van der Waals surface area (Å²) in [6.45, 7) is -0.985. The van der Waals surface area contributed by atoms with Crippen LogP contribution in [0, 0.1) is 0 Å². The van der Waals surface area contributed by atoms with Gasteiger partial charge in [-0.3, -0.25) is 0 Å². The van der Waals surface area contributed by atoms with Crippen LogP contribution in [0.5, 0.6) is 0 Å². The lowest BCUT2D eigenvalue weighted by Gasteiger charge is -2.31. The Morgan fingerprint density at radius 3 is 2.33 bits per heavy atom. The molecule has 1 amide bonds. The van der Waals surface area contributed by atoms with Crippen LogP contribution < -0.4 is 11.1 Å². The lowest BCUT2D eigenvalue weighted by molar-refractivity contribution is -0.166. The number of hydrogen-bond donors (Lipinski definition) is 3. The maximum absolute atomic E-state index is 12.4. The SMILES string of the molecule is NC(=O)O[C@H]1CC[C@H](NC(CO)C(F)(F)F)CC1. The molecule has 0 bridgehead atoms. The first-order valence-corrected chi connectivity index (χ1v) is 5.72. The van der Waals surface area contributed by atoms with E-state index in [2.05, 4.69) is 5.32 Å². The first kappa shape index (κ1) is 15.0. The van der Waals surface area contributed by atoms with Gasteiger partial charge in [0, 0.05) is 6.04 Å². The van der Waals surface area contributed by atoms with Crippen molar-refractivity contribution in [2.75, 3.05) is 6.61 Å². The van der Waals surface area contributed by atoms with Crippen molar-refractivity contribution >= 4 is 6.09 Å². The molecule has 0 aromatic rings. The molecule has 0 heterocycles. The lowest BCUT2D eigenvalue weighted by atomic mass is 9.92. The standard InChI is InChI=1S/C10H17F3N2O3/c11-10(12,13)8(5-16)15-6-1-3-7(4-2-6)18-9(14)17/h6-8,15-16H,1-5H2,(H2,14,17)/t6-,7-,8?. The van der Waals surface area contributed by atoms with E-state index in [4.69, 9.17) is 15.6 Å². The Hall–Kier alpha value is -1.02. The van der Waals surface area contributed by atoms with E-state index in [9.17, 15) is 18.0 Å². The summed E-state index contributed by atoms with van der Waals surface area (Å²) in [5.74, 6) is 0. The van der Waals surface area contributed by atoms with Crippen molar-refractivity contribution in [3.8, 4) is 0 Å². The van der Waals surface area contributed by atoms with Crippen molar-refractivity contribution in [3.63, 3.8) is 0 Å². The van der Waals surface area contributed by atoms with Gasteiger partial charge in [-0.15, -0.1) is 0 Å². The number of halogens is 3. The number of nitrogens with one attached hydrogen (secondary N) is 1. The minimum atomic E-state index is -4.46. The molecule has 18 heavy (non-hydrogen) atoms. The van der Waals surface area contributed by atoms with E-state index in [-0.39, 0.29) is 12.1 Å². The fourth-order valence-corrected chi connectivity index (χ4v) is 2.05. The molecule has 1 saturated carbocycles. The summed E-state index contributed by atoms with van der Waals surface area (Å²) >= 11 is 0. The Labute approximate surface area is 102 Å². The van der Waals surface area contributed by atoms with Crippen molar-refractivity contribution in [2.24, 2.45) is 5.73 Å². The van der Waals surface area contributed by atoms with Crippen LogP contribution in [0.4, 0.5) is 18.0 Å². The van der Waals surface area contributed by atoms with Gasteiger partial charge in [0.05, 0.1) is 6.61 Å². The quantitative estimate of drug-likeness (QED) is 0.708. The largest absolute Gasteiger partial charge is 0.446 e. The number of aliphatic hydroxyl groups is 1. The highest BCUT2D eigenvalue weighted by Crippen LogP contribution is 2.25. The number of hydrogen-bond acceptors (Lipinski definition) is 4. The molecule has 106 valence electrons. The highest BCUT2D eigenvalue weighted by Gasteiger charge is 2.40. The zero-order valence-electron chi connectivity index (χ0n) is 9.74. The molecule has 1 aliphatic rings. The van der Waals surface area contributed by atoms with Gasteiger partial charge in [0.15, 0.2) is 0 Å². The number of nitrogens with two attached hydrogens (primary N) is 1.